The maximum atomic E-state index is 4.50. The van der Waals surface area contributed by atoms with Crippen LogP contribution in [0.25, 0.3) is 16.7 Å². The van der Waals surface area contributed by atoms with Gasteiger partial charge < -0.3 is 5.32 Å². The van der Waals surface area contributed by atoms with Crippen molar-refractivity contribution in [3.63, 3.8) is 0 Å². The van der Waals surface area contributed by atoms with Crippen LogP contribution in [0.4, 0.5) is 11.5 Å². The molecule has 2 aromatic carbocycles. The number of nitrogens with zero attached hydrogens (tertiary/aromatic N) is 4. The summed E-state index contributed by atoms with van der Waals surface area (Å²) in [4.78, 5) is 8.84. The van der Waals surface area contributed by atoms with Gasteiger partial charge >= 0.3 is 0 Å². The molecule has 0 radical (unpaired) electrons. The fourth-order valence-electron chi connectivity index (χ4n) is 2.99. The lowest BCUT2D eigenvalue weighted by atomic mass is 10.1. The Kier molecular flexibility index (Phi) is 5.16. The maximum absolute atomic E-state index is 4.50. The third-order valence-corrected chi connectivity index (χ3v) is 5.00. The summed E-state index contributed by atoms with van der Waals surface area (Å²) in [5.41, 5.74) is 4.09. The normalized spacial score (nSPS) is 11.0. The summed E-state index contributed by atoms with van der Waals surface area (Å²) in [6.45, 7) is 2.21. The lowest BCUT2D eigenvalue weighted by Crippen LogP contribution is -1.99. The van der Waals surface area contributed by atoms with Gasteiger partial charge in [-0.3, -0.25) is 0 Å². The zero-order valence-electron chi connectivity index (χ0n) is 15.1. The average molecular weight is 422 g/mol. The molecule has 27 heavy (non-hydrogen) atoms. The molecule has 6 heteroatoms. The van der Waals surface area contributed by atoms with Gasteiger partial charge in [0.25, 0.3) is 0 Å². The zero-order valence-corrected chi connectivity index (χ0v) is 16.6. The van der Waals surface area contributed by atoms with Crippen molar-refractivity contribution in [2.45, 2.75) is 26.2 Å². The number of halogens is 1. The van der Waals surface area contributed by atoms with E-state index in [-0.39, 0.29) is 0 Å². The Morgan fingerprint density at radius 1 is 1.00 bits per heavy atom. The molecule has 2 heterocycles. The number of rotatable bonds is 6. The second-order valence-electron chi connectivity index (χ2n) is 6.42. The van der Waals surface area contributed by atoms with Gasteiger partial charge in [0.2, 0.25) is 0 Å². The third-order valence-electron chi connectivity index (χ3n) is 4.47. The minimum Gasteiger partial charge on any atom is -0.340 e. The first kappa shape index (κ1) is 17.7. The Labute approximate surface area is 166 Å². The minimum atomic E-state index is 0.754. The fraction of sp³-hybridized carbons (Fsp3) is 0.190. The molecule has 4 aromatic rings. The lowest BCUT2D eigenvalue weighted by molar-refractivity contribution is 0.795. The van der Waals surface area contributed by atoms with E-state index in [2.05, 4.69) is 67.5 Å². The maximum Gasteiger partial charge on any atom is 0.168 e. The van der Waals surface area contributed by atoms with E-state index in [1.807, 2.05) is 28.9 Å². The van der Waals surface area contributed by atoms with Gasteiger partial charge in [0, 0.05) is 10.2 Å². The van der Waals surface area contributed by atoms with Crippen LogP contribution < -0.4 is 5.32 Å². The smallest absolute Gasteiger partial charge is 0.168 e. The minimum absolute atomic E-state index is 0.754. The summed E-state index contributed by atoms with van der Waals surface area (Å²) in [5.74, 6) is 0.754. The first-order chi connectivity index (χ1) is 13.2. The van der Waals surface area contributed by atoms with E-state index >= 15 is 0 Å². The molecule has 0 spiro atoms. The Bertz CT molecular complexity index is 1040. The van der Waals surface area contributed by atoms with Crippen LogP contribution in [0, 0.1) is 0 Å². The molecular formula is C21H20BrN5. The van der Waals surface area contributed by atoms with Crippen molar-refractivity contribution in [3.05, 3.63) is 71.1 Å². The highest BCUT2D eigenvalue weighted by atomic mass is 79.9. The van der Waals surface area contributed by atoms with Crippen molar-refractivity contribution in [1.29, 1.82) is 0 Å². The van der Waals surface area contributed by atoms with Crippen LogP contribution >= 0.6 is 15.9 Å². The van der Waals surface area contributed by atoms with Crippen molar-refractivity contribution in [3.8, 4) is 5.69 Å². The van der Waals surface area contributed by atoms with Gasteiger partial charge in [-0.1, -0.05) is 41.4 Å². The van der Waals surface area contributed by atoms with Crippen LogP contribution in [0.3, 0.4) is 0 Å². The monoisotopic (exact) mass is 421 g/mol. The molecule has 0 aliphatic rings. The fourth-order valence-corrected chi connectivity index (χ4v) is 3.25. The van der Waals surface area contributed by atoms with Gasteiger partial charge in [-0.25, -0.2) is 14.6 Å². The van der Waals surface area contributed by atoms with Gasteiger partial charge in [0.05, 0.1) is 17.3 Å². The summed E-state index contributed by atoms with van der Waals surface area (Å²) in [6.07, 6.45) is 6.91. The van der Waals surface area contributed by atoms with Crippen molar-refractivity contribution in [2.75, 3.05) is 5.32 Å². The molecule has 0 amide bonds. The number of benzene rings is 2. The molecule has 4 rings (SSSR count). The Morgan fingerprint density at radius 2 is 1.78 bits per heavy atom. The highest BCUT2D eigenvalue weighted by molar-refractivity contribution is 9.10. The van der Waals surface area contributed by atoms with E-state index in [1.165, 1.54) is 18.4 Å². The predicted molar refractivity (Wildman–Crippen MR) is 113 cm³/mol. The average Bonchev–Trinajstić information content (AvgIpc) is 3.13. The van der Waals surface area contributed by atoms with Crippen LogP contribution in [0.15, 0.2) is 65.5 Å². The van der Waals surface area contributed by atoms with Gasteiger partial charge in [-0.15, -0.1) is 0 Å². The molecule has 0 aliphatic carbocycles. The van der Waals surface area contributed by atoms with Gasteiger partial charge in [0.1, 0.15) is 12.1 Å². The molecule has 1 N–H and O–H groups in total. The topological polar surface area (TPSA) is 55.6 Å². The molecule has 0 atom stereocenters. The molecule has 0 aliphatic heterocycles. The van der Waals surface area contributed by atoms with Crippen LogP contribution in [-0.4, -0.2) is 19.7 Å². The molecule has 136 valence electrons. The van der Waals surface area contributed by atoms with Crippen LogP contribution in [0.1, 0.15) is 25.3 Å². The summed E-state index contributed by atoms with van der Waals surface area (Å²) < 4.78 is 2.85. The van der Waals surface area contributed by atoms with Crippen LogP contribution in [0.5, 0.6) is 0 Å². The van der Waals surface area contributed by atoms with E-state index in [1.54, 1.807) is 12.5 Å². The second kappa shape index (κ2) is 7.88. The number of fused-ring (bicyclic) bond motifs is 1. The molecule has 0 bridgehead atoms. The van der Waals surface area contributed by atoms with Crippen molar-refractivity contribution in [2.24, 2.45) is 0 Å². The Balaban J connectivity index is 1.62. The quantitative estimate of drug-likeness (QED) is 0.435. The predicted octanol–water partition coefficient (Wildman–Crippen LogP) is 5.66. The number of unbranched alkanes of at least 4 members (excludes halogenated alkanes) is 1. The molecule has 0 fully saturated rings. The van der Waals surface area contributed by atoms with Crippen LogP contribution in [0.2, 0.25) is 0 Å². The van der Waals surface area contributed by atoms with Crippen molar-refractivity contribution < 1.29 is 0 Å². The molecule has 0 unspecified atom stereocenters. The van der Waals surface area contributed by atoms with Crippen molar-refractivity contribution in [1.82, 2.24) is 19.7 Å². The number of hydrogen-bond acceptors (Lipinski definition) is 4. The van der Waals surface area contributed by atoms with Crippen LogP contribution in [-0.2, 0) is 6.42 Å². The summed E-state index contributed by atoms with van der Waals surface area (Å²) >= 11 is 3.46. The Hall–Kier alpha value is -2.73. The number of aryl methyl sites for hydroxylation is 1. The number of anilines is 2. The molecule has 0 saturated carbocycles. The first-order valence-electron chi connectivity index (χ1n) is 9.05. The SMILES string of the molecule is CCCCc1ccc(Nc2ncnc3c2cnn3-c2ccc(Br)cc2)cc1. The van der Waals surface area contributed by atoms with E-state index in [0.29, 0.717) is 0 Å². The molecular weight excluding hydrogens is 402 g/mol. The molecule has 2 aromatic heterocycles. The van der Waals surface area contributed by atoms with Crippen molar-refractivity contribution >= 4 is 38.5 Å². The number of nitrogens with one attached hydrogen (secondary N) is 1. The standard InChI is InChI=1S/C21H20BrN5/c1-2-3-4-15-5-9-17(10-6-15)26-20-19-13-25-27(21(19)24-14-23-20)18-11-7-16(22)8-12-18/h5-14H,2-4H2,1H3,(H,23,24,26). The van der Waals surface area contributed by atoms with Gasteiger partial charge in [0.15, 0.2) is 5.65 Å². The molecule has 0 saturated heterocycles. The first-order valence-corrected chi connectivity index (χ1v) is 9.84. The van der Waals surface area contributed by atoms with Gasteiger partial charge in [-0.2, -0.15) is 5.10 Å². The highest BCUT2D eigenvalue weighted by Crippen LogP contribution is 2.25. The van der Waals surface area contributed by atoms with Gasteiger partial charge in [-0.05, 0) is 54.8 Å². The summed E-state index contributed by atoms with van der Waals surface area (Å²) in [5, 5.41) is 8.78. The summed E-state index contributed by atoms with van der Waals surface area (Å²) in [7, 11) is 0. The van der Waals surface area contributed by atoms with E-state index in [4.69, 9.17) is 0 Å². The highest BCUT2D eigenvalue weighted by Gasteiger charge is 2.11. The van der Waals surface area contributed by atoms with E-state index in [9.17, 15) is 0 Å². The third kappa shape index (κ3) is 3.85. The second-order valence-corrected chi connectivity index (χ2v) is 7.33. The lowest BCUT2D eigenvalue weighted by Gasteiger charge is -2.08. The van der Waals surface area contributed by atoms with E-state index in [0.717, 1.165) is 39.1 Å². The number of hydrogen-bond donors (Lipinski definition) is 1. The largest absolute Gasteiger partial charge is 0.340 e. The van der Waals surface area contributed by atoms with E-state index < -0.39 is 0 Å². The zero-order chi connectivity index (χ0) is 18.6. The Morgan fingerprint density at radius 3 is 2.52 bits per heavy atom. The summed E-state index contributed by atoms with van der Waals surface area (Å²) in [6, 6.07) is 16.5. The molecule has 5 nitrogen and oxygen atoms in total. The number of aromatic nitrogens is 4.